The largest absolute Gasteiger partial charge is 0.465 e. The molecule has 73 heavy (non-hydrogen) atoms. The number of likely N-dealkylation sites (N-methyl/N-ethyl adjacent to an activating group) is 2. The van der Waals surface area contributed by atoms with Gasteiger partial charge in [0.2, 0.25) is 35.4 Å². The summed E-state index contributed by atoms with van der Waals surface area (Å²) in [5, 5.41) is 22.1. The molecule has 0 spiro atoms. The van der Waals surface area contributed by atoms with Gasteiger partial charge in [0.15, 0.2) is 0 Å². The molecule has 23 nitrogen and oxygen atoms in total. The molecule has 1 aromatic rings. The Morgan fingerprint density at radius 2 is 1.45 bits per heavy atom. The van der Waals surface area contributed by atoms with Gasteiger partial charge < -0.3 is 51.4 Å². The summed E-state index contributed by atoms with van der Waals surface area (Å²) in [5.41, 5.74) is 5.45. The Hall–Kier alpha value is -5.59. The molecule has 0 bridgehead atoms. The minimum Gasteiger partial charge on any atom is -0.465 e. The highest BCUT2D eigenvalue weighted by atomic mass is 32.2. The second-order valence-electron chi connectivity index (χ2n) is 20.0. The van der Waals surface area contributed by atoms with Crippen molar-refractivity contribution >= 4 is 63.3 Å². The predicted octanol–water partition coefficient (Wildman–Crippen LogP) is 2.30. The first-order valence-corrected chi connectivity index (χ1v) is 26.4. The number of nitrogens with two attached hydrogens (primary N) is 1. The zero-order chi connectivity index (χ0) is 55.7. The molecule has 1 aliphatic heterocycles. The lowest BCUT2D eigenvalue weighted by molar-refractivity contribution is -0.148. The molecule has 1 aliphatic rings. The molecule has 24 heteroatoms. The molecule has 0 aliphatic carbocycles. The van der Waals surface area contributed by atoms with Crippen molar-refractivity contribution in [1.29, 1.82) is 0 Å². The number of hydrogen-bond acceptors (Lipinski definition) is 14. The number of amides is 9. The van der Waals surface area contributed by atoms with Gasteiger partial charge in [0.05, 0.1) is 53.5 Å². The highest BCUT2D eigenvalue weighted by molar-refractivity contribution is 7.90. The molecule has 1 fully saturated rings. The number of anilines is 1. The van der Waals surface area contributed by atoms with Gasteiger partial charge in [-0.2, -0.15) is 0 Å². The summed E-state index contributed by atoms with van der Waals surface area (Å²) in [7, 11) is 3.75. The average Bonchev–Trinajstić information content (AvgIpc) is 3.79. The SMILES string of the molecule is CC[C@H](C)[C@@H]([C@@H](CC(=O)N1CCC[C@H]1[C@H](OC)[C@@H](C)C(=O)NS(=O)(=O)c1ccc(NC[C@H](CCC(=O)NC(N)=O)NC(=O)[C@@H](C)C(C)NC(=O)O)cc1)OC)N(C)C(=O)[C@@H](NC(=O)[C@H](C(C)C)N(C)C)C(C)C. The summed E-state index contributed by atoms with van der Waals surface area (Å²) < 4.78 is 41.2. The Morgan fingerprint density at radius 1 is 0.836 bits per heavy atom. The first-order chi connectivity index (χ1) is 34.0. The van der Waals surface area contributed by atoms with Crippen LogP contribution in [0.5, 0.6) is 0 Å². The lowest BCUT2D eigenvalue weighted by Gasteiger charge is -2.41. The van der Waals surface area contributed by atoms with Crippen molar-refractivity contribution in [1.82, 2.24) is 40.7 Å². The molecule has 11 atom stereocenters. The van der Waals surface area contributed by atoms with Gasteiger partial charge >= 0.3 is 12.1 Å². The molecule has 1 saturated heterocycles. The molecule has 9 amide bonds. The summed E-state index contributed by atoms with van der Waals surface area (Å²) in [5.74, 6) is -5.15. The number of likely N-dealkylation sites (tertiary alicyclic amines) is 1. The van der Waals surface area contributed by atoms with E-state index in [9.17, 15) is 46.8 Å². The summed E-state index contributed by atoms with van der Waals surface area (Å²) in [4.78, 5) is 108. The van der Waals surface area contributed by atoms with Crippen LogP contribution in [0.25, 0.3) is 0 Å². The van der Waals surface area contributed by atoms with Gasteiger partial charge in [0.1, 0.15) is 6.04 Å². The van der Waals surface area contributed by atoms with Crippen LogP contribution in [0.15, 0.2) is 29.2 Å². The highest BCUT2D eigenvalue weighted by Crippen LogP contribution is 2.30. The molecule has 414 valence electrons. The van der Waals surface area contributed by atoms with Crippen LogP contribution < -0.4 is 37.0 Å². The Balaban J connectivity index is 2.24. The third-order valence-corrected chi connectivity index (χ3v) is 15.1. The minimum atomic E-state index is -4.43. The van der Waals surface area contributed by atoms with Gasteiger partial charge in [-0.05, 0) is 82.3 Å². The number of nitrogens with zero attached hydrogens (tertiary/aromatic N) is 3. The predicted molar refractivity (Wildman–Crippen MR) is 274 cm³/mol. The Labute approximate surface area is 431 Å². The van der Waals surface area contributed by atoms with Gasteiger partial charge in [-0.3, -0.25) is 39.0 Å². The monoisotopic (exact) mass is 1050 g/mol. The van der Waals surface area contributed by atoms with E-state index in [0.717, 1.165) is 0 Å². The van der Waals surface area contributed by atoms with Crippen molar-refractivity contribution in [3.05, 3.63) is 24.3 Å². The van der Waals surface area contributed by atoms with E-state index in [1.807, 2.05) is 65.9 Å². The molecule has 2 rings (SSSR count). The molecule has 1 heterocycles. The maximum atomic E-state index is 14.3. The normalized spacial score (nSPS) is 18.0. The fourth-order valence-corrected chi connectivity index (χ4v) is 10.4. The van der Waals surface area contributed by atoms with E-state index >= 15 is 0 Å². The average molecular weight is 1050 g/mol. The number of imide groups is 1. The third-order valence-electron chi connectivity index (χ3n) is 13.7. The van der Waals surface area contributed by atoms with Crippen LogP contribution in [0.3, 0.4) is 0 Å². The number of rotatable bonds is 29. The molecular weight excluding hydrogens is 969 g/mol. The maximum Gasteiger partial charge on any atom is 0.404 e. The van der Waals surface area contributed by atoms with Gasteiger partial charge in [-0.1, -0.05) is 61.8 Å². The topological polar surface area (TPSA) is 317 Å². The molecular formula is C49H84N10O13S. The quantitative estimate of drug-likeness (QED) is 0.0571. The van der Waals surface area contributed by atoms with Crippen molar-refractivity contribution in [3.63, 3.8) is 0 Å². The summed E-state index contributed by atoms with van der Waals surface area (Å²) in [6, 6.07) is 0.425. The van der Waals surface area contributed by atoms with E-state index in [-0.39, 0.29) is 66.2 Å². The van der Waals surface area contributed by atoms with Crippen molar-refractivity contribution in [2.75, 3.05) is 53.8 Å². The number of sulfonamides is 1. The first kappa shape index (κ1) is 63.5. The number of methoxy groups -OCH3 is 2. The van der Waals surface area contributed by atoms with E-state index in [4.69, 9.17) is 20.3 Å². The smallest absolute Gasteiger partial charge is 0.404 e. The number of carboxylic acid groups (broad SMARTS) is 1. The molecule has 1 unspecified atom stereocenters. The fourth-order valence-electron chi connectivity index (χ4n) is 9.30. The lowest BCUT2D eigenvalue weighted by atomic mass is 9.89. The number of carbonyl (C=O) groups is 8. The van der Waals surface area contributed by atoms with Crippen molar-refractivity contribution in [2.24, 2.45) is 35.3 Å². The molecule has 0 aromatic heterocycles. The zero-order valence-corrected chi connectivity index (χ0v) is 46.0. The van der Waals surface area contributed by atoms with E-state index in [1.165, 1.54) is 59.3 Å². The summed E-state index contributed by atoms with van der Waals surface area (Å²) in [6.07, 6.45) is -1.52. The van der Waals surface area contributed by atoms with E-state index in [0.29, 0.717) is 31.5 Å². The van der Waals surface area contributed by atoms with Crippen LogP contribution in [0.2, 0.25) is 0 Å². The van der Waals surface area contributed by atoms with Crippen molar-refractivity contribution < 1.29 is 61.4 Å². The number of benzene rings is 1. The Bertz CT molecular complexity index is 2140. The minimum absolute atomic E-state index is 0.0109. The fraction of sp³-hybridized carbons (Fsp3) is 0.714. The second kappa shape index (κ2) is 29.3. The second-order valence-corrected chi connectivity index (χ2v) is 21.7. The standard InChI is InChI=1S/C49H84N10O13S/c1-15-29(6)42(58(12)47(65)40(27(2)3)55-46(64)41(28(4)5)57(10)11)37(71-13)25-39(61)59-24-16-17-36(59)43(72-14)31(8)45(63)56-73(69,70)35-21-18-33(19-22-35)51-26-34(20-23-38(60)54-48(50)66)53-44(62)30(7)32(9)52-49(67)68/h18-19,21-22,27-32,34,36-37,40-43,51-52H,15-17,20,23-26H2,1-14H3,(H,53,62)(H,55,64)(H,56,63)(H,67,68)(H3,50,54,60,66)/t29-,30-,31+,32?,34-,36-,37+,40-,41-,42-,43+/m0/s1. The first-order valence-electron chi connectivity index (χ1n) is 24.9. The number of ether oxygens (including phenoxy) is 2. The Morgan fingerprint density at radius 3 is 1.96 bits per heavy atom. The van der Waals surface area contributed by atoms with Crippen LogP contribution in [0, 0.1) is 29.6 Å². The zero-order valence-electron chi connectivity index (χ0n) is 45.1. The van der Waals surface area contributed by atoms with Gasteiger partial charge in [0.25, 0.3) is 10.0 Å². The summed E-state index contributed by atoms with van der Waals surface area (Å²) >= 11 is 0. The highest BCUT2D eigenvalue weighted by Gasteiger charge is 2.44. The van der Waals surface area contributed by atoms with Crippen LogP contribution in [0.1, 0.15) is 101 Å². The van der Waals surface area contributed by atoms with Crippen LogP contribution in [-0.2, 0) is 48.3 Å². The lowest BCUT2D eigenvalue weighted by Crippen LogP contribution is -2.59. The van der Waals surface area contributed by atoms with E-state index in [1.54, 1.807) is 16.8 Å². The maximum absolute atomic E-state index is 14.3. The number of carbonyl (C=O) groups excluding carboxylic acids is 7. The number of urea groups is 1. The van der Waals surface area contributed by atoms with Gasteiger partial charge in [-0.25, -0.2) is 22.7 Å². The van der Waals surface area contributed by atoms with Crippen LogP contribution in [0.4, 0.5) is 15.3 Å². The van der Waals surface area contributed by atoms with Crippen LogP contribution >= 0.6 is 0 Å². The Kier molecular flexibility index (Phi) is 25.5. The number of hydrogen-bond donors (Lipinski definition) is 8. The molecule has 0 saturated carbocycles. The van der Waals surface area contributed by atoms with E-state index in [2.05, 4.69) is 26.0 Å². The third kappa shape index (κ3) is 18.7. The molecule has 9 N–H and O–H groups in total. The van der Waals surface area contributed by atoms with Gasteiger partial charge in [-0.15, -0.1) is 0 Å². The van der Waals surface area contributed by atoms with Gasteiger partial charge in [0, 0.05) is 58.5 Å². The molecule has 1 aromatic carbocycles. The van der Waals surface area contributed by atoms with E-state index < -0.39 is 100 Å². The van der Waals surface area contributed by atoms with Crippen LogP contribution in [-0.4, -0.2) is 173 Å². The molecule has 0 radical (unpaired) electrons. The summed E-state index contributed by atoms with van der Waals surface area (Å²) in [6.45, 7) is 16.5. The van der Waals surface area contributed by atoms with Crippen molar-refractivity contribution in [2.45, 2.75) is 154 Å². The van der Waals surface area contributed by atoms with Crippen molar-refractivity contribution in [3.8, 4) is 0 Å². The number of nitrogens with one attached hydrogen (secondary N) is 6. The number of primary amides is 1.